The van der Waals surface area contributed by atoms with Gasteiger partial charge in [0.25, 0.3) is 5.91 Å². The molecule has 0 saturated carbocycles. The van der Waals surface area contributed by atoms with Crippen molar-refractivity contribution in [3.63, 3.8) is 0 Å². The average molecular weight is 328 g/mol. The number of amides is 1. The number of halogens is 1. The monoisotopic (exact) mass is 327 g/mol. The summed E-state index contributed by atoms with van der Waals surface area (Å²) in [6, 6.07) is 17.7. The van der Waals surface area contributed by atoms with E-state index in [1.165, 1.54) is 16.0 Å². The number of carbonyl (C=O) groups excluding carboxylic acids is 1. The lowest BCUT2D eigenvalue weighted by Gasteiger charge is -2.23. The van der Waals surface area contributed by atoms with Crippen LogP contribution in [0.2, 0.25) is 5.02 Å². The Morgan fingerprint density at radius 2 is 1.83 bits per heavy atom. The van der Waals surface area contributed by atoms with E-state index in [1.807, 2.05) is 24.3 Å². The number of rotatable bonds is 4. The van der Waals surface area contributed by atoms with Gasteiger partial charge in [-0.05, 0) is 29.3 Å². The molecule has 0 radical (unpaired) electrons. The maximum atomic E-state index is 12.2. The van der Waals surface area contributed by atoms with E-state index in [2.05, 4.69) is 35.7 Å². The van der Waals surface area contributed by atoms with Crippen LogP contribution in [-0.4, -0.2) is 25.5 Å². The largest absolute Gasteiger partial charge is 0.324 e. The van der Waals surface area contributed by atoms with Gasteiger partial charge in [-0.15, -0.1) is 0 Å². The summed E-state index contributed by atoms with van der Waals surface area (Å²) in [6.45, 7) is 2.31. The fraction of sp³-hybridized carbons (Fsp3) is 0.211. The average Bonchev–Trinajstić information content (AvgIpc) is 2.58. The van der Waals surface area contributed by atoms with Crippen LogP contribution in [0.5, 0.6) is 0 Å². The highest BCUT2D eigenvalue weighted by Crippen LogP contribution is 2.20. The second-order valence-corrected chi connectivity index (χ2v) is 6.16. The summed E-state index contributed by atoms with van der Waals surface area (Å²) in [4.78, 5) is 13.4. The molecule has 0 bridgehead atoms. The number of nitrogens with one attached hydrogen (secondary N) is 2. The van der Waals surface area contributed by atoms with Gasteiger partial charge < -0.3 is 10.2 Å². The predicted octanol–water partition coefficient (Wildman–Crippen LogP) is 2.65. The van der Waals surface area contributed by atoms with Crippen molar-refractivity contribution in [1.82, 2.24) is 0 Å². The standard InChI is InChI=1S/C19H19ClN2O/c20-17-8-4-5-9-18(17)21-19(23)14-22-12-10-16(11-13-22)15-6-2-1-3-7-15/h1-10H,11-14H2,(H,21,23)/p+1. The van der Waals surface area contributed by atoms with Crippen molar-refractivity contribution in [2.75, 3.05) is 25.0 Å². The summed E-state index contributed by atoms with van der Waals surface area (Å²) >= 11 is 6.07. The Kier molecular flexibility index (Phi) is 5.11. The van der Waals surface area contributed by atoms with Crippen molar-refractivity contribution in [3.8, 4) is 0 Å². The van der Waals surface area contributed by atoms with Crippen molar-refractivity contribution < 1.29 is 9.69 Å². The minimum atomic E-state index is 0.00432. The van der Waals surface area contributed by atoms with Gasteiger partial charge in [-0.3, -0.25) is 4.79 Å². The van der Waals surface area contributed by atoms with Crippen molar-refractivity contribution in [3.05, 3.63) is 71.3 Å². The van der Waals surface area contributed by atoms with Crippen LogP contribution in [0.4, 0.5) is 5.69 Å². The molecule has 1 atom stereocenters. The van der Waals surface area contributed by atoms with Gasteiger partial charge >= 0.3 is 0 Å². The summed E-state index contributed by atoms with van der Waals surface area (Å²) in [7, 11) is 0. The summed E-state index contributed by atoms with van der Waals surface area (Å²) < 4.78 is 0. The number of carbonyl (C=O) groups is 1. The Morgan fingerprint density at radius 1 is 1.09 bits per heavy atom. The van der Waals surface area contributed by atoms with Crippen LogP contribution in [0.1, 0.15) is 12.0 Å². The molecule has 0 aromatic heterocycles. The first-order valence-corrected chi connectivity index (χ1v) is 8.22. The third-order valence-electron chi connectivity index (χ3n) is 4.09. The molecule has 0 spiro atoms. The molecule has 1 amide bonds. The summed E-state index contributed by atoms with van der Waals surface area (Å²) in [5.41, 5.74) is 3.34. The molecule has 0 aliphatic carbocycles. The van der Waals surface area contributed by atoms with Gasteiger partial charge in [0, 0.05) is 6.42 Å². The quantitative estimate of drug-likeness (QED) is 0.889. The van der Waals surface area contributed by atoms with Gasteiger partial charge in [-0.1, -0.05) is 54.1 Å². The molecule has 2 N–H and O–H groups in total. The van der Waals surface area contributed by atoms with E-state index >= 15 is 0 Å². The molecular formula is C19H20ClN2O+. The third kappa shape index (κ3) is 4.21. The molecule has 1 aliphatic rings. The van der Waals surface area contributed by atoms with E-state index in [0.29, 0.717) is 17.3 Å². The topological polar surface area (TPSA) is 33.5 Å². The van der Waals surface area contributed by atoms with Gasteiger partial charge in [-0.2, -0.15) is 0 Å². The van der Waals surface area contributed by atoms with Crippen LogP contribution < -0.4 is 10.2 Å². The smallest absolute Gasteiger partial charge is 0.279 e. The van der Waals surface area contributed by atoms with Crippen LogP contribution in [0.25, 0.3) is 5.57 Å². The lowest BCUT2D eigenvalue weighted by atomic mass is 10.00. The molecule has 1 unspecified atom stereocenters. The minimum Gasteiger partial charge on any atom is -0.324 e. The first kappa shape index (κ1) is 15.8. The summed E-state index contributed by atoms with van der Waals surface area (Å²) in [5.74, 6) is 0.00432. The highest BCUT2D eigenvalue weighted by Gasteiger charge is 2.19. The molecule has 2 aromatic carbocycles. The first-order chi connectivity index (χ1) is 11.2. The zero-order valence-corrected chi connectivity index (χ0v) is 13.6. The molecule has 1 heterocycles. The van der Waals surface area contributed by atoms with Gasteiger partial charge in [0.15, 0.2) is 6.54 Å². The Morgan fingerprint density at radius 3 is 2.52 bits per heavy atom. The highest BCUT2D eigenvalue weighted by molar-refractivity contribution is 6.33. The van der Waals surface area contributed by atoms with Crippen LogP contribution in [0.3, 0.4) is 0 Å². The Balaban J connectivity index is 1.55. The lowest BCUT2D eigenvalue weighted by molar-refractivity contribution is -0.886. The van der Waals surface area contributed by atoms with Crippen molar-refractivity contribution in [1.29, 1.82) is 0 Å². The normalized spacial score (nSPS) is 17.4. The Bertz CT molecular complexity index is 712. The van der Waals surface area contributed by atoms with Gasteiger partial charge in [0.1, 0.15) is 0 Å². The molecular weight excluding hydrogens is 308 g/mol. The third-order valence-corrected chi connectivity index (χ3v) is 4.42. The van der Waals surface area contributed by atoms with Gasteiger partial charge in [0.2, 0.25) is 0 Å². The second-order valence-electron chi connectivity index (χ2n) is 5.75. The highest BCUT2D eigenvalue weighted by atomic mass is 35.5. The van der Waals surface area contributed by atoms with Crippen LogP contribution in [-0.2, 0) is 4.79 Å². The van der Waals surface area contributed by atoms with Gasteiger partial charge in [0.05, 0.1) is 23.8 Å². The van der Waals surface area contributed by atoms with Gasteiger partial charge in [-0.25, -0.2) is 0 Å². The Labute approximate surface area is 141 Å². The maximum absolute atomic E-state index is 12.2. The number of anilines is 1. The zero-order valence-electron chi connectivity index (χ0n) is 12.9. The molecule has 1 aliphatic heterocycles. The number of hydrogen-bond acceptors (Lipinski definition) is 1. The number of hydrogen-bond donors (Lipinski definition) is 2. The fourth-order valence-corrected chi connectivity index (χ4v) is 3.03. The van der Waals surface area contributed by atoms with Crippen molar-refractivity contribution in [2.45, 2.75) is 6.42 Å². The van der Waals surface area contributed by atoms with E-state index < -0.39 is 0 Å². The van der Waals surface area contributed by atoms with Crippen molar-refractivity contribution >= 4 is 28.8 Å². The van der Waals surface area contributed by atoms with E-state index in [1.54, 1.807) is 6.07 Å². The SMILES string of the molecule is O=C(C[NH+]1CC=C(c2ccccc2)CC1)Nc1ccccc1Cl. The molecule has 0 saturated heterocycles. The minimum absolute atomic E-state index is 0.00432. The molecule has 3 nitrogen and oxygen atoms in total. The molecule has 23 heavy (non-hydrogen) atoms. The number of quaternary nitrogens is 1. The molecule has 3 rings (SSSR count). The van der Waals surface area contributed by atoms with E-state index in [0.717, 1.165) is 19.5 Å². The zero-order chi connectivity index (χ0) is 16.1. The van der Waals surface area contributed by atoms with E-state index in [-0.39, 0.29) is 5.91 Å². The first-order valence-electron chi connectivity index (χ1n) is 7.85. The lowest BCUT2D eigenvalue weighted by Crippen LogP contribution is -3.13. The molecule has 2 aromatic rings. The molecule has 118 valence electrons. The summed E-state index contributed by atoms with van der Waals surface area (Å²) in [6.07, 6.45) is 3.25. The predicted molar refractivity (Wildman–Crippen MR) is 94.7 cm³/mol. The maximum Gasteiger partial charge on any atom is 0.279 e. The number of para-hydroxylation sites is 1. The molecule has 4 heteroatoms. The number of benzene rings is 2. The van der Waals surface area contributed by atoms with E-state index in [9.17, 15) is 4.79 Å². The van der Waals surface area contributed by atoms with Crippen LogP contribution in [0.15, 0.2) is 60.7 Å². The van der Waals surface area contributed by atoms with Crippen LogP contribution in [0, 0.1) is 0 Å². The fourth-order valence-electron chi connectivity index (χ4n) is 2.84. The molecule has 0 fully saturated rings. The van der Waals surface area contributed by atoms with Crippen LogP contribution >= 0.6 is 11.6 Å². The second kappa shape index (κ2) is 7.44. The Hall–Kier alpha value is -2.10. The van der Waals surface area contributed by atoms with E-state index in [4.69, 9.17) is 11.6 Å². The van der Waals surface area contributed by atoms with Crippen molar-refractivity contribution in [2.24, 2.45) is 0 Å². The summed E-state index contributed by atoms with van der Waals surface area (Å²) in [5, 5.41) is 3.46.